The Morgan fingerprint density at radius 2 is 1.56 bits per heavy atom. The predicted octanol–water partition coefficient (Wildman–Crippen LogP) is 1.84. The molecule has 27 heavy (non-hydrogen) atoms. The van der Waals surface area contributed by atoms with Crippen molar-refractivity contribution in [2.24, 2.45) is 5.92 Å². The van der Waals surface area contributed by atoms with Crippen LogP contribution in [0.3, 0.4) is 0 Å². The van der Waals surface area contributed by atoms with E-state index in [1.807, 2.05) is 12.1 Å². The van der Waals surface area contributed by atoms with Crippen LogP contribution in [0.15, 0.2) is 24.3 Å². The lowest BCUT2D eigenvalue weighted by molar-refractivity contribution is -0.119. The van der Waals surface area contributed by atoms with Crippen LogP contribution in [-0.2, 0) is 20.3 Å². The van der Waals surface area contributed by atoms with Crippen LogP contribution in [0.2, 0.25) is 0 Å². The molecule has 6 N–H and O–H groups in total. The van der Waals surface area contributed by atoms with Gasteiger partial charge in [0.2, 0.25) is 5.91 Å². The highest BCUT2D eigenvalue weighted by Crippen LogP contribution is 2.69. The molecule has 0 aliphatic rings. The summed E-state index contributed by atoms with van der Waals surface area (Å²) in [5, 5.41) is 9.09. The van der Waals surface area contributed by atoms with E-state index in [0.717, 1.165) is 12.0 Å². The topological polar surface area (TPSA) is 164 Å². The summed E-state index contributed by atoms with van der Waals surface area (Å²) in [6.45, 7) is 5.39. The van der Waals surface area contributed by atoms with Crippen LogP contribution >= 0.6 is 15.2 Å². The molecule has 0 spiro atoms. The van der Waals surface area contributed by atoms with Crippen molar-refractivity contribution < 1.29 is 38.6 Å². The second-order valence-corrected chi connectivity index (χ2v) is 11.0. The summed E-state index contributed by atoms with van der Waals surface area (Å²) in [5.74, 6) is 0.0191. The molecule has 0 fully saturated rings. The lowest BCUT2D eigenvalue weighted by Crippen LogP contribution is -2.32. The lowest BCUT2D eigenvalue weighted by Gasteiger charge is -2.31. The molecule has 0 aliphatic heterocycles. The number of benzene rings is 1. The first-order chi connectivity index (χ1) is 12.2. The zero-order valence-electron chi connectivity index (χ0n) is 15.4. The molecule has 0 radical (unpaired) electrons. The maximum atomic E-state index is 11.5. The lowest BCUT2D eigenvalue weighted by atomic mass is 9.97. The largest absolute Gasteiger partial charge is 0.369 e. The monoisotopic (exact) mass is 423 g/mol. The fraction of sp³-hybridized carbons (Fsp3) is 0.562. The minimum absolute atomic E-state index is 0.282. The van der Waals surface area contributed by atoms with Gasteiger partial charge in [-0.2, -0.15) is 0 Å². The van der Waals surface area contributed by atoms with Crippen molar-refractivity contribution in [3.8, 4) is 0 Å². The summed E-state index contributed by atoms with van der Waals surface area (Å²) in [7, 11) is -11.1. The van der Waals surface area contributed by atoms with Crippen molar-refractivity contribution in [1.82, 2.24) is 5.32 Å². The molecule has 9 nitrogen and oxygen atoms in total. The molecular formula is C16H27NO8P2. The van der Waals surface area contributed by atoms with Gasteiger partial charge in [-0.05, 0) is 29.9 Å². The molecule has 0 aromatic heterocycles. The maximum absolute atomic E-state index is 11.5. The maximum Gasteiger partial charge on any atom is 0.369 e. The Morgan fingerprint density at radius 3 is 1.93 bits per heavy atom. The molecule has 1 aromatic rings. The van der Waals surface area contributed by atoms with Gasteiger partial charge in [-0.15, -0.1) is 0 Å². The third-order valence-corrected chi connectivity index (χ3v) is 7.98. The average molecular weight is 423 g/mol. The van der Waals surface area contributed by atoms with E-state index in [1.165, 1.54) is 6.92 Å². The van der Waals surface area contributed by atoms with Crippen molar-refractivity contribution >= 4 is 21.1 Å². The smallest absolute Gasteiger partial charge is 0.368 e. The van der Waals surface area contributed by atoms with Crippen molar-refractivity contribution in [2.45, 2.75) is 51.2 Å². The average Bonchev–Trinajstić information content (AvgIpc) is 2.48. The number of hydrogen-bond acceptors (Lipinski definition) is 4. The third-order valence-electron chi connectivity index (χ3n) is 4.10. The van der Waals surface area contributed by atoms with E-state index in [2.05, 4.69) is 19.2 Å². The zero-order chi connectivity index (χ0) is 21.0. The highest BCUT2D eigenvalue weighted by Gasteiger charge is 2.59. The van der Waals surface area contributed by atoms with Gasteiger partial charge in [0, 0.05) is 13.3 Å². The third kappa shape index (κ3) is 6.50. The molecule has 0 saturated carbocycles. The summed E-state index contributed by atoms with van der Waals surface area (Å²) in [6.07, 6.45) is -0.336. The van der Waals surface area contributed by atoms with Gasteiger partial charge in [0.05, 0.1) is 6.04 Å². The minimum Gasteiger partial charge on any atom is -0.368 e. The summed E-state index contributed by atoms with van der Waals surface area (Å²) in [6, 6.07) is 6.38. The van der Waals surface area contributed by atoms with Crippen LogP contribution in [0.5, 0.6) is 0 Å². The SMILES string of the molecule is CC(=O)NC(CCC(O)(P(=O)(O)O)P(=O)(O)O)c1ccc(CC(C)C)cc1. The Bertz CT molecular complexity index is 715. The number of carbonyl (C=O) groups is 1. The molecule has 0 bridgehead atoms. The van der Waals surface area contributed by atoms with E-state index in [9.17, 15) is 38.6 Å². The quantitative estimate of drug-likeness (QED) is 0.328. The summed E-state index contributed by atoms with van der Waals surface area (Å²) >= 11 is 0. The van der Waals surface area contributed by atoms with Gasteiger partial charge in [-0.1, -0.05) is 38.1 Å². The van der Waals surface area contributed by atoms with Gasteiger partial charge in [0.15, 0.2) is 0 Å². The molecule has 1 unspecified atom stereocenters. The van der Waals surface area contributed by atoms with Crippen LogP contribution in [0.1, 0.15) is 50.8 Å². The number of hydrogen-bond donors (Lipinski definition) is 6. The molecule has 1 rings (SSSR count). The van der Waals surface area contributed by atoms with Crippen LogP contribution in [0, 0.1) is 5.92 Å². The standard InChI is InChI=1S/C16H27NO8P2/c1-11(2)10-13-4-6-14(7-5-13)15(17-12(3)18)8-9-16(19,26(20,21)22)27(23,24)25/h4-7,11,15,19H,8-10H2,1-3H3,(H,17,18)(H2,20,21,22)(H2,23,24,25). The fourth-order valence-corrected chi connectivity index (χ4v) is 4.92. The van der Waals surface area contributed by atoms with Crippen LogP contribution in [0.25, 0.3) is 0 Å². The summed E-state index contributed by atoms with van der Waals surface area (Å²) in [4.78, 5) is 48.4. The minimum atomic E-state index is -5.54. The van der Waals surface area contributed by atoms with Crippen molar-refractivity contribution in [3.63, 3.8) is 0 Å². The fourth-order valence-electron chi connectivity index (χ4n) is 2.72. The Balaban J connectivity index is 3.09. The molecule has 1 aromatic carbocycles. The second kappa shape index (κ2) is 8.97. The van der Waals surface area contributed by atoms with Crippen molar-refractivity contribution in [1.29, 1.82) is 0 Å². The normalized spacial score (nSPS) is 14.3. The molecule has 11 heteroatoms. The summed E-state index contributed by atoms with van der Waals surface area (Å²) in [5.41, 5.74) is 1.66. The Morgan fingerprint density at radius 1 is 1.07 bits per heavy atom. The molecule has 0 aliphatic carbocycles. The molecule has 1 amide bonds. The Labute approximate surface area is 158 Å². The van der Waals surface area contributed by atoms with E-state index in [-0.39, 0.29) is 6.42 Å². The van der Waals surface area contributed by atoms with Gasteiger partial charge in [-0.25, -0.2) is 0 Å². The highest BCUT2D eigenvalue weighted by atomic mass is 31.2. The highest BCUT2D eigenvalue weighted by molar-refractivity contribution is 7.72. The van der Waals surface area contributed by atoms with Gasteiger partial charge >= 0.3 is 15.2 Å². The van der Waals surface area contributed by atoms with Crippen LogP contribution in [-0.4, -0.2) is 35.7 Å². The number of nitrogens with one attached hydrogen (secondary N) is 1. The van der Waals surface area contributed by atoms with Crippen LogP contribution in [0.4, 0.5) is 0 Å². The van der Waals surface area contributed by atoms with E-state index in [4.69, 9.17) is 0 Å². The van der Waals surface area contributed by atoms with Crippen molar-refractivity contribution in [3.05, 3.63) is 35.4 Å². The molecule has 1 atom stereocenters. The Hall–Kier alpha value is -1.05. The number of carbonyl (C=O) groups excluding carboxylic acids is 1. The predicted molar refractivity (Wildman–Crippen MR) is 99.8 cm³/mol. The summed E-state index contributed by atoms with van der Waals surface area (Å²) < 4.78 is 23.0. The number of aliphatic hydroxyl groups is 1. The van der Waals surface area contributed by atoms with Gasteiger partial charge < -0.3 is 30.0 Å². The van der Waals surface area contributed by atoms with E-state index >= 15 is 0 Å². The number of amides is 1. The first-order valence-corrected chi connectivity index (χ1v) is 11.6. The molecule has 0 heterocycles. The first-order valence-electron chi connectivity index (χ1n) is 8.37. The van der Waals surface area contributed by atoms with Gasteiger partial charge in [0.1, 0.15) is 0 Å². The van der Waals surface area contributed by atoms with E-state index in [0.29, 0.717) is 11.5 Å². The second-order valence-electron chi connectivity index (χ2n) is 6.99. The molecule has 0 saturated heterocycles. The van der Waals surface area contributed by atoms with E-state index < -0.39 is 38.6 Å². The number of rotatable bonds is 9. The van der Waals surface area contributed by atoms with Crippen LogP contribution < -0.4 is 5.32 Å². The van der Waals surface area contributed by atoms with Crippen molar-refractivity contribution in [2.75, 3.05) is 0 Å². The van der Waals surface area contributed by atoms with Gasteiger partial charge in [-0.3, -0.25) is 13.9 Å². The molecular weight excluding hydrogens is 396 g/mol. The Kier molecular flexibility index (Phi) is 7.97. The first kappa shape index (κ1) is 24.0. The van der Waals surface area contributed by atoms with Gasteiger partial charge in [0.25, 0.3) is 5.08 Å². The zero-order valence-corrected chi connectivity index (χ0v) is 17.2. The molecule has 154 valence electrons. The van der Waals surface area contributed by atoms with E-state index in [1.54, 1.807) is 12.1 Å².